The number of hydrogen-bond acceptors (Lipinski definition) is 3. The second kappa shape index (κ2) is 3.72. The second-order valence-electron chi connectivity index (χ2n) is 3.09. The van der Waals surface area contributed by atoms with E-state index in [9.17, 15) is 4.79 Å². The minimum Gasteiger partial charge on any atom is -0.462 e. The molecule has 1 aliphatic heterocycles. The van der Waals surface area contributed by atoms with Gasteiger partial charge in [0.15, 0.2) is 0 Å². The Balaban J connectivity index is 2.28. The third-order valence-electron chi connectivity index (χ3n) is 1.81. The van der Waals surface area contributed by atoms with Crippen LogP contribution < -0.4 is 0 Å². The number of carbonyl (C=O) groups excluding carboxylic acids is 1. The highest BCUT2D eigenvalue weighted by molar-refractivity contribution is 5.70. The standard InChI is InChI=1S/C8H14O3/c1-6(9)5-7-3-2-4-8(10)11-7/h6-7,9H,2-5H2,1H3/t6-,7-/m1/s1. The molecule has 1 N–H and O–H groups in total. The van der Waals surface area contributed by atoms with E-state index in [1.54, 1.807) is 6.92 Å². The van der Waals surface area contributed by atoms with Crippen molar-refractivity contribution in [3.63, 3.8) is 0 Å². The lowest BCUT2D eigenvalue weighted by Gasteiger charge is -2.22. The molecule has 0 aromatic rings. The lowest BCUT2D eigenvalue weighted by Crippen LogP contribution is -2.26. The second-order valence-corrected chi connectivity index (χ2v) is 3.09. The van der Waals surface area contributed by atoms with Gasteiger partial charge in [-0.25, -0.2) is 0 Å². The molecule has 3 heteroatoms. The monoisotopic (exact) mass is 158 g/mol. The first-order valence-electron chi connectivity index (χ1n) is 4.06. The molecular weight excluding hydrogens is 144 g/mol. The lowest BCUT2D eigenvalue weighted by atomic mass is 10.0. The van der Waals surface area contributed by atoms with Gasteiger partial charge in [0.2, 0.25) is 0 Å². The van der Waals surface area contributed by atoms with Gasteiger partial charge in [-0.15, -0.1) is 0 Å². The zero-order chi connectivity index (χ0) is 8.27. The van der Waals surface area contributed by atoms with Crippen LogP contribution in [-0.2, 0) is 9.53 Å². The van der Waals surface area contributed by atoms with E-state index in [-0.39, 0.29) is 18.2 Å². The SMILES string of the molecule is C[C@@H](O)C[C@H]1CCCC(=O)O1. The first-order valence-corrected chi connectivity index (χ1v) is 4.06. The predicted octanol–water partition coefficient (Wildman–Crippen LogP) is 0.853. The first kappa shape index (κ1) is 8.53. The Labute approximate surface area is 66.4 Å². The minimum atomic E-state index is -0.370. The molecular formula is C8H14O3. The van der Waals surface area contributed by atoms with E-state index < -0.39 is 0 Å². The molecule has 0 aromatic heterocycles. The van der Waals surface area contributed by atoms with Crippen LogP contribution >= 0.6 is 0 Å². The number of hydrogen-bond donors (Lipinski definition) is 1. The van der Waals surface area contributed by atoms with Crippen molar-refractivity contribution >= 4 is 5.97 Å². The summed E-state index contributed by atoms with van der Waals surface area (Å²) in [5.41, 5.74) is 0. The molecule has 1 rings (SSSR count). The summed E-state index contributed by atoms with van der Waals surface area (Å²) in [6.45, 7) is 1.71. The van der Waals surface area contributed by atoms with Crippen LogP contribution in [0.25, 0.3) is 0 Å². The zero-order valence-corrected chi connectivity index (χ0v) is 6.75. The average Bonchev–Trinajstić information content (AvgIpc) is 1.85. The zero-order valence-electron chi connectivity index (χ0n) is 6.75. The molecule has 11 heavy (non-hydrogen) atoms. The van der Waals surface area contributed by atoms with Crippen LogP contribution in [0.4, 0.5) is 0 Å². The number of cyclic esters (lactones) is 1. The topological polar surface area (TPSA) is 46.5 Å². The van der Waals surface area contributed by atoms with Crippen LogP contribution in [-0.4, -0.2) is 23.3 Å². The van der Waals surface area contributed by atoms with Crippen LogP contribution in [0.15, 0.2) is 0 Å². The molecule has 0 aliphatic carbocycles. The van der Waals surface area contributed by atoms with E-state index in [1.165, 1.54) is 0 Å². The van der Waals surface area contributed by atoms with Crippen LogP contribution in [0.3, 0.4) is 0 Å². The number of carbonyl (C=O) groups is 1. The number of ether oxygens (including phenoxy) is 1. The summed E-state index contributed by atoms with van der Waals surface area (Å²) in [6, 6.07) is 0. The highest BCUT2D eigenvalue weighted by Gasteiger charge is 2.21. The quantitative estimate of drug-likeness (QED) is 0.606. The van der Waals surface area contributed by atoms with Crippen LogP contribution in [0.5, 0.6) is 0 Å². The molecule has 2 atom stereocenters. The summed E-state index contributed by atoms with van der Waals surface area (Å²) in [5, 5.41) is 9.00. The summed E-state index contributed by atoms with van der Waals surface area (Å²) in [5.74, 6) is -0.123. The van der Waals surface area contributed by atoms with Gasteiger partial charge in [-0.05, 0) is 19.8 Å². The molecule has 0 amide bonds. The predicted molar refractivity (Wildman–Crippen MR) is 40.0 cm³/mol. The van der Waals surface area contributed by atoms with Crippen molar-refractivity contribution in [1.82, 2.24) is 0 Å². The maximum absolute atomic E-state index is 10.8. The Bertz CT molecular complexity index is 142. The van der Waals surface area contributed by atoms with Crippen molar-refractivity contribution in [1.29, 1.82) is 0 Å². The largest absolute Gasteiger partial charge is 0.462 e. The molecule has 0 saturated carbocycles. The molecule has 0 spiro atoms. The fraction of sp³-hybridized carbons (Fsp3) is 0.875. The number of aliphatic hydroxyl groups is 1. The summed E-state index contributed by atoms with van der Waals surface area (Å²) in [7, 11) is 0. The number of rotatable bonds is 2. The van der Waals surface area contributed by atoms with E-state index >= 15 is 0 Å². The number of aliphatic hydroxyl groups excluding tert-OH is 1. The van der Waals surface area contributed by atoms with Gasteiger partial charge in [0.1, 0.15) is 6.10 Å². The molecule has 0 radical (unpaired) electrons. The van der Waals surface area contributed by atoms with E-state index in [0.29, 0.717) is 12.8 Å². The average molecular weight is 158 g/mol. The van der Waals surface area contributed by atoms with Crippen LogP contribution in [0, 0.1) is 0 Å². The number of esters is 1. The molecule has 1 saturated heterocycles. The van der Waals surface area contributed by atoms with Crippen molar-refractivity contribution in [2.24, 2.45) is 0 Å². The van der Waals surface area contributed by atoms with Gasteiger partial charge in [0, 0.05) is 12.8 Å². The Morgan fingerprint density at radius 1 is 1.82 bits per heavy atom. The smallest absolute Gasteiger partial charge is 0.306 e. The molecule has 0 aromatic carbocycles. The van der Waals surface area contributed by atoms with Gasteiger partial charge in [-0.1, -0.05) is 0 Å². The van der Waals surface area contributed by atoms with Gasteiger partial charge in [-0.3, -0.25) is 4.79 Å². The molecule has 0 unspecified atom stereocenters. The first-order chi connectivity index (χ1) is 5.18. The Kier molecular flexibility index (Phi) is 2.88. The van der Waals surface area contributed by atoms with E-state index in [0.717, 1.165) is 12.8 Å². The Morgan fingerprint density at radius 3 is 3.09 bits per heavy atom. The van der Waals surface area contributed by atoms with Crippen molar-refractivity contribution < 1.29 is 14.6 Å². The van der Waals surface area contributed by atoms with Crippen LogP contribution in [0.1, 0.15) is 32.6 Å². The summed E-state index contributed by atoms with van der Waals surface area (Å²) in [6.07, 6.45) is 2.50. The molecule has 1 aliphatic rings. The molecule has 1 fully saturated rings. The van der Waals surface area contributed by atoms with Crippen molar-refractivity contribution in [2.75, 3.05) is 0 Å². The van der Waals surface area contributed by atoms with Gasteiger partial charge in [0.05, 0.1) is 6.10 Å². The molecule has 1 heterocycles. The van der Waals surface area contributed by atoms with E-state index in [1.807, 2.05) is 0 Å². The third-order valence-corrected chi connectivity index (χ3v) is 1.81. The minimum absolute atomic E-state index is 0.0451. The fourth-order valence-corrected chi connectivity index (χ4v) is 1.32. The molecule has 0 bridgehead atoms. The van der Waals surface area contributed by atoms with Crippen LogP contribution in [0.2, 0.25) is 0 Å². The lowest BCUT2D eigenvalue weighted by molar-refractivity contribution is -0.155. The van der Waals surface area contributed by atoms with Crippen molar-refractivity contribution in [3.05, 3.63) is 0 Å². The maximum Gasteiger partial charge on any atom is 0.306 e. The van der Waals surface area contributed by atoms with Gasteiger partial charge >= 0.3 is 5.97 Å². The van der Waals surface area contributed by atoms with Gasteiger partial charge < -0.3 is 9.84 Å². The molecule has 64 valence electrons. The van der Waals surface area contributed by atoms with E-state index in [4.69, 9.17) is 9.84 Å². The Morgan fingerprint density at radius 2 is 2.55 bits per heavy atom. The molecule has 3 nitrogen and oxygen atoms in total. The summed E-state index contributed by atoms with van der Waals surface area (Å²) < 4.78 is 5.00. The third kappa shape index (κ3) is 2.89. The highest BCUT2D eigenvalue weighted by Crippen LogP contribution is 2.17. The van der Waals surface area contributed by atoms with Crippen molar-refractivity contribution in [3.8, 4) is 0 Å². The normalized spacial score (nSPS) is 27.8. The summed E-state index contributed by atoms with van der Waals surface area (Å²) in [4.78, 5) is 10.8. The van der Waals surface area contributed by atoms with Gasteiger partial charge in [-0.2, -0.15) is 0 Å². The summed E-state index contributed by atoms with van der Waals surface area (Å²) >= 11 is 0. The van der Waals surface area contributed by atoms with E-state index in [2.05, 4.69) is 0 Å². The van der Waals surface area contributed by atoms with Crippen molar-refractivity contribution in [2.45, 2.75) is 44.8 Å². The fourth-order valence-electron chi connectivity index (χ4n) is 1.32. The Hall–Kier alpha value is -0.570. The van der Waals surface area contributed by atoms with Gasteiger partial charge in [0.25, 0.3) is 0 Å². The highest BCUT2D eigenvalue weighted by atomic mass is 16.5. The maximum atomic E-state index is 10.8.